The number of carbonyl (C=O) groups is 3. The molecule has 3 amide bonds. The van der Waals surface area contributed by atoms with Gasteiger partial charge < -0.3 is 14.6 Å². The average Bonchev–Trinajstić information content (AvgIpc) is 2.86. The average molecular weight is 358 g/mol. The predicted octanol–water partition coefficient (Wildman–Crippen LogP) is -0.0329. The van der Waals surface area contributed by atoms with E-state index in [1.165, 1.54) is 0 Å². The van der Waals surface area contributed by atoms with Gasteiger partial charge in [-0.3, -0.25) is 24.6 Å². The highest BCUT2D eigenvalue weighted by molar-refractivity contribution is 6.05. The van der Waals surface area contributed by atoms with Gasteiger partial charge in [0, 0.05) is 17.5 Å². The monoisotopic (exact) mass is 358 g/mol. The quantitative estimate of drug-likeness (QED) is 0.420. The molecule has 2 aliphatic heterocycles. The van der Waals surface area contributed by atoms with Crippen LogP contribution in [0.2, 0.25) is 0 Å². The number of piperidine rings is 1. The van der Waals surface area contributed by atoms with Gasteiger partial charge in [0.15, 0.2) is 6.23 Å². The molecule has 0 bridgehead atoms. The van der Waals surface area contributed by atoms with Crippen LogP contribution in [0, 0.1) is 12.3 Å². The zero-order valence-electron chi connectivity index (χ0n) is 13.9. The summed E-state index contributed by atoms with van der Waals surface area (Å²) < 4.78 is 10.6. The Morgan fingerprint density at radius 2 is 2.12 bits per heavy atom. The summed E-state index contributed by atoms with van der Waals surface area (Å²) in [4.78, 5) is 37.0. The highest BCUT2D eigenvalue weighted by Crippen LogP contribution is 2.37. The Balaban J connectivity index is 1.71. The van der Waals surface area contributed by atoms with Crippen molar-refractivity contribution in [2.75, 3.05) is 19.8 Å². The van der Waals surface area contributed by atoms with E-state index in [1.54, 1.807) is 18.2 Å². The number of hydrogen-bond donors (Lipinski definition) is 2. The normalized spacial score (nSPS) is 22.0. The number of aliphatic hydroxyl groups excluding tert-OH is 1. The fourth-order valence-electron chi connectivity index (χ4n) is 3.05. The lowest BCUT2D eigenvalue weighted by atomic mass is 10.0. The van der Waals surface area contributed by atoms with Gasteiger partial charge in [-0.2, -0.15) is 0 Å². The van der Waals surface area contributed by atoms with Crippen LogP contribution in [0.25, 0.3) is 0 Å². The Bertz CT molecular complexity index is 784. The summed E-state index contributed by atoms with van der Waals surface area (Å²) in [5, 5.41) is 12.7. The lowest BCUT2D eigenvalue weighted by molar-refractivity contribution is -0.139. The maximum Gasteiger partial charge on any atom is 0.257 e. The van der Waals surface area contributed by atoms with Gasteiger partial charge in [0.2, 0.25) is 11.8 Å². The van der Waals surface area contributed by atoms with Gasteiger partial charge in [0.1, 0.15) is 25.0 Å². The minimum Gasteiger partial charge on any atom is -0.491 e. The molecule has 8 heteroatoms. The summed E-state index contributed by atoms with van der Waals surface area (Å²) in [5.41, 5.74) is 0.667. The summed E-state index contributed by atoms with van der Waals surface area (Å²) in [7, 11) is 0. The molecule has 26 heavy (non-hydrogen) atoms. The van der Waals surface area contributed by atoms with Crippen molar-refractivity contribution in [3.05, 3.63) is 29.3 Å². The maximum atomic E-state index is 12.6. The van der Waals surface area contributed by atoms with Crippen LogP contribution < -0.4 is 10.1 Å². The Morgan fingerprint density at radius 1 is 1.31 bits per heavy atom. The molecule has 1 aromatic carbocycles. The fourth-order valence-corrected chi connectivity index (χ4v) is 3.05. The lowest BCUT2D eigenvalue weighted by Gasteiger charge is -2.31. The largest absolute Gasteiger partial charge is 0.491 e. The number of carbonyl (C=O) groups excluding carboxylic acids is 3. The number of terminal acetylenes is 1. The van der Waals surface area contributed by atoms with Crippen molar-refractivity contribution in [2.24, 2.45) is 0 Å². The molecule has 0 saturated carbocycles. The summed E-state index contributed by atoms with van der Waals surface area (Å²) >= 11 is 0. The van der Waals surface area contributed by atoms with Crippen molar-refractivity contribution >= 4 is 17.7 Å². The van der Waals surface area contributed by atoms with E-state index in [0.29, 0.717) is 23.5 Å². The maximum absolute atomic E-state index is 12.6. The zero-order chi connectivity index (χ0) is 18.7. The first-order valence-electron chi connectivity index (χ1n) is 8.15. The fraction of sp³-hybridized carbons (Fsp3) is 0.389. The van der Waals surface area contributed by atoms with Crippen molar-refractivity contribution in [1.29, 1.82) is 0 Å². The molecule has 2 heterocycles. The number of nitrogens with zero attached hydrogens (tertiary/aromatic N) is 1. The van der Waals surface area contributed by atoms with Gasteiger partial charge in [-0.15, -0.1) is 6.42 Å². The number of aliphatic hydroxyl groups is 1. The number of ether oxygens (including phenoxy) is 2. The van der Waals surface area contributed by atoms with Crippen molar-refractivity contribution < 1.29 is 29.0 Å². The third-order valence-electron chi connectivity index (χ3n) is 4.26. The number of imide groups is 1. The zero-order valence-corrected chi connectivity index (χ0v) is 13.9. The molecular weight excluding hydrogens is 340 g/mol. The smallest absolute Gasteiger partial charge is 0.257 e. The van der Waals surface area contributed by atoms with Gasteiger partial charge in [0.25, 0.3) is 5.91 Å². The molecule has 8 nitrogen and oxygen atoms in total. The second kappa shape index (κ2) is 7.56. The molecule has 1 aromatic rings. The van der Waals surface area contributed by atoms with Crippen LogP contribution in [0.4, 0.5) is 0 Å². The first kappa shape index (κ1) is 17.9. The van der Waals surface area contributed by atoms with Gasteiger partial charge in [-0.05, 0) is 24.6 Å². The van der Waals surface area contributed by atoms with Crippen LogP contribution in [0.15, 0.2) is 18.2 Å². The summed E-state index contributed by atoms with van der Waals surface area (Å²) in [6.07, 6.45) is 4.10. The SMILES string of the molecule is C#CCOCCOc1ccc2c(c1)C(O)N(C1CCC(=O)NC1=O)C2=O. The third-order valence-corrected chi connectivity index (χ3v) is 4.26. The van der Waals surface area contributed by atoms with Crippen molar-refractivity contribution in [3.63, 3.8) is 0 Å². The third kappa shape index (κ3) is 3.40. The summed E-state index contributed by atoms with van der Waals surface area (Å²) in [6.45, 7) is 0.772. The topological polar surface area (TPSA) is 105 Å². The summed E-state index contributed by atoms with van der Waals surface area (Å²) in [5.74, 6) is 1.39. The minimum atomic E-state index is -1.28. The standard InChI is InChI=1S/C18H18N2O6/c1-2-7-25-8-9-26-11-3-4-12-13(10-11)18(24)20(17(12)23)14-5-6-15(21)19-16(14)22/h1,3-4,10,14,18,24H,5-9H2,(H,19,21,22). The second-order valence-electron chi connectivity index (χ2n) is 5.91. The van der Waals surface area contributed by atoms with E-state index in [4.69, 9.17) is 15.9 Å². The number of fused-ring (bicyclic) bond motifs is 1. The summed E-state index contributed by atoms with van der Waals surface area (Å²) in [6, 6.07) is 3.83. The van der Waals surface area contributed by atoms with Gasteiger partial charge >= 0.3 is 0 Å². The Labute approximate surface area is 150 Å². The molecule has 2 unspecified atom stereocenters. The van der Waals surface area contributed by atoms with Gasteiger partial charge in [0.05, 0.1) is 6.61 Å². The van der Waals surface area contributed by atoms with Crippen molar-refractivity contribution in [3.8, 4) is 18.1 Å². The Hall–Kier alpha value is -2.89. The number of rotatable bonds is 6. The Morgan fingerprint density at radius 3 is 2.85 bits per heavy atom. The first-order valence-corrected chi connectivity index (χ1v) is 8.15. The van der Waals surface area contributed by atoms with E-state index in [-0.39, 0.29) is 32.0 Å². The van der Waals surface area contributed by atoms with Gasteiger partial charge in [-0.1, -0.05) is 5.92 Å². The van der Waals surface area contributed by atoms with Crippen molar-refractivity contribution in [2.45, 2.75) is 25.1 Å². The first-order chi connectivity index (χ1) is 12.5. The number of nitrogens with one attached hydrogen (secondary N) is 1. The predicted molar refractivity (Wildman–Crippen MR) is 88.9 cm³/mol. The highest BCUT2D eigenvalue weighted by Gasteiger charge is 2.44. The van der Waals surface area contributed by atoms with E-state index < -0.39 is 24.1 Å². The number of amides is 3. The molecule has 3 rings (SSSR count). The molecule has 1 saturated heterocycles. The lowest BCUT2D eigenvalue weighted by Crippen LogP contribution is -2.53. The number of benzene rings is 1. The van der Waals surface area contributed by atoms with Crippen LogP contribution in [0.3, 0.4) is 0 Å². The molecule has 2 N–H and O–H groups in total. The molecule has 2 aliphatic rings. The molecule has 0 radical (unpaired) electrons. The van der Waals surface area contributed by atoms with E-state index in [2.05, 4.69) is 11.2 Å². The molecular formula is C18H18N2O6. The van der Waals surface area contributed by atoms with Crippen LogP contribution >= 0.6 is 0 Å². The molecule has 2 atom stereocenters. The highest BCUT2D eigenvalue weighted by atomic mass is 16.5. The van der Waals surface area contributed by atoms with Crippen LogP contribution in [-0.2, 0) is 14.3 Å². The van der Waals surface area contributed by atoms with Crippen molar-refractivity contribution in [1.82, 2.24) is 10.2 Å². The van der Waals surface area contributed by atoms with E-state index in [1.807, 2.05) is 0 Å². The van der Waals surface area contributed by atoms with Crippen LogP contribution in [0.5, 0.6) is 5.75 Å². The molecule has 1 fully saturated rings. The molecule has 0 spiro atoms. The molecule has 136 valence electrons. The Kier molecular flexibility index (Phi) is 5.21. The molecule has 0 aromatic heterocycles. The van der Waals surface area contributed by atoms with E-state index in [0.717, 1.165) is 4.90 Å². The second-order valence-corrected chi connectivity index (χ2v) is 5.91. The van der Waals surface area contributed by atoms with E-state index in [9.17, 15) is 19.5 Å². The van der Waals surface area contributed by atoms with Crippen LogP contribution in [-0.4, -0.2) is 53.6 Å². The number of hydrogen-bond acceptors (Lipinski definition) is 6. The van der Waals surface area contributed by atoms with Crippen LogP contribution in [0.1, 0.15) is 35.0 Å². The molecule has 0 aliphatic carbocycles. The minimum absolute atomic E-state index is 0.120. The van der Waals surface area contributed by atoms with E-state index >= 15 is 0 Å². The van der Waals surface area contributed by atoms with Gasteiger partial charge in [-0.25, -0.2) is 0 Å².